The number of carbonyl (C=O) groups is 1. The van der Waals surface area contributed by atoms with E-state index in [0.717, 1.165) is 0 Å². The van der Waals surface area contributed by atoms with Crippen LogP contribution in [-0.4, -0.2) is 42.0 Å². The minimum atomic E-state index is -2.49. The molecule has 108 valence electrons. The van der Waals surface area contributed by atoms with Crippen LogP contribution in [-0.2, 0) is 6.54 Å². The van der Waals surface area contributed by atoms with Crippen molar-refractivity contribution in [3.8, 4) is 0 Å². The summed E-state index contributed by atoms with van der Waals surface area (Å²) in [7, 11) is 0. The smallest absolute Gasteiger partial charge is 0.300 e. The Morgan fingerprint density at radius 3 is 2.84 bits per heavy atom. The molecule has 0 radical (unpaired) electrons. The quantitative estimate of drug-likeness (QED) is 0.377. The molecule has 1 aromatic rings. The fraction of sp³-hybridized carbons (Fsp3) is 0.545. The van der Waals surface area contributed by atoms with E-state index in [1.165, 1.54) is 11.0 Å². The summed E-state index contributed by atoms with van der Waals surface area (Å²) in [5.74, 6) is 4.87. The van der Waals surface area contributed by atoms with Crippen molar-refractivity contribution in [2.45, 2.75) is 19.9 Å². The van der Waals surface area contributed by atoms with Crippen LogP contribution in [0.4, 0.5) is 8.78 Å². The maximum absolute atomic E-state index is 12.4. The van der Waals surface area contributed by atoms with Crippen LogP contribution in [0.5, 0.6) is 0 Å². The maximum atomic E-state index is 12.4. The number of nitrogens with one attached hydrogen (secondary N) is 1. The number of nitrogen functional groups attached to an aromatic ring is 1. The van der Waals surface area contributed by atoms with Crippen molar-refractivity contribution in [1.29, 1.82) is 0 Å². The maximum Gasteiger partial charge on any atom is 0.300 e. The topological polar surface area (TPSA) is 91.7 Å². The van der Waals surface area contributed by atoms with Crippen molar-refractivity contribution >= 4 is 5.91 Å². The largest absolute Gasteiger partial charge is 0.456 e. The van der Waals surface area contributed by atoms with Gasteiger partial charge in [-0.3, -0.25) is 15.1 Å². The van der Waals surface area contributed by atoms with Crippen molar-refractivity contribution in [3.05, 3.63) is 23.2 Å². The lowest BCUT2D eigenvalue weighted by Crippen LogP contribution is -2.31. The van der Waals surface area contributed by atoms with Gasteiger partial charge in [0.15, 0.2) is 5.76 Å². The molecule has 0 aliphatic heterocycles. The highest BCUT2D eigenvalue weighted by Gasteiger charge is 2.17. The Morgan fingerprint density at radius 2 is 2.32 bits per heavy atom. The molecule has 8 heteroatoms. The Bertz CT molecular complexity index is 423. The lowest BCUT2D eigenvalue weighted by molar-refractivity contribution is 0.0744. The van der Waals surface area contributed by atoms with Crippen LogP contribution in [0.3, 0.4) is 0 Å². The zero-order valence-electron chi connectivity index (χ0n) is 10.5. The average Bonchev–Trinajstić information content (AvgIpc) is 2.69. The van der Waals surface area contributed by atoms with Crippen LogP contribution in [0.2, 0.25) is 0 Å². The first-order valence-electron chi connectivity index (χ1n) is 5.69. The molecule has 0 aliphatic rings. The third-order valence-electron chi connectivity index (χ3n) is 2.58. The van der Waals surface area contributed by atoms with Crippen LogP contribution in [0.1, 0.15) is 21.9 Å². The van der Waals surface area contributed by atoms with E-state index in [9.17, 15) is 13.6 Å². The number of alkyl halides is 2. The molecule has 0 unspecified atom stereocenters. The molecule has 0 aliphatic carbocycles. The second kappa shape index (κ2) is 7.17. The average molecular weight is 277 g/mol. The second-order valence-corrected chi connectivity index (χ2v) is 4.02. The molecule has 0 saturated heterocycles. The Morgan fingerprint density at radius 1 is 1.63 bits per heavy atom. The minimum Gasteiger partial charge on any atom is -0.456 e. The summed E-state index contributed by atoms with van der Waals surface area (Å²) in [6.45, 7) is 1.23. The molecule has 4 N–H and O–H groups in total. The number of aryl methyl sites for hydroxylation is 1. The van der Waals surface area contributed by atoms with Crippen LogP contribution >= 0.6 is 0 Å². The van der Waals surface area contributed by atoms with Crippen molar-refractivity contribution in [1.82, 2.24) is 10.3 Å². The summed E-state index contributed by atoms with van der Waals surface area (Å²) in [6.07, 6.45) is -2.49. The fourth-order valence-corrected chi connectivity index (χ4v) is 1.67. The van der Waals surface area contributed by atoms with Gasteiger partial charge in [-0.1, -0.05) is 0 Å². The van der Waals surface area contributed by atoms with Crippen molar-refractivity contribution in [2.75, 3.05) is 19.7 Å². The number of hydrazine groups is 1. The minimum absolute atomic E-state index is 0.0241. The number of amides is 1. The predicted octanol–water partition coefficient (Wildman–Crippen LogP) is 0.251. The Kier molecular flexibility index (Phi) is 5.87. The Balaban J connectivity index is 2.78. The number of carbonyl (C=O) groups excluding carboxylic acids is 1. The van der Waals surface area contributed by atoms with Gasteiger partial charge in [0.05, 0.1) is 13.2 Å². The highest BCUT2D eigenvalue weighted by Crippen LogP contribution is 2.17. The molecule has 0 atom stereocenters. The number of rotatable bonds is 7. The fourth-order valence-electron chi connectivity index (χ4n) is 1.67. The molecular weight excluding hydrogens is 260 g/mol. The molecule has 0 fully saturated rings. The van der Waals surface area contributed by atoms with Gasteiger partial charge in [-0.05, 0) is 13.0 Å². The molecule has 0 spiro atoms. The van der Waals surface area contributed by atoms with Gasteiger partial charge < -0.3 is 9.52 Å². The predicted molar refractivity (Wildman–Crippen MR) is 63.5 cm³/mol. The number of hydrogen-bond acceptors (Lipinski definition) is 5. The molecule has 1 heterocycles. The van der Waals surface area contributed by atoms with E-state index >= 15 is 0 Å². The summed E-state index contributed by atoms with van der Waals surface area (Å²) in [4.78, 5) is 12.6. The van der Waals surface area contributed by atoms with Crippen LogP contribution < -0.4 is 11.3 Å². The highest BCUT2D eigenvalue weighted by molar-refractivity contribution is 5.91. The number of halogens is 2. The summed E-state index contributed by atoms with van der Waals surface area (Å²) in [5.41, 5.74) is 2.53. The number of furan rings is 1. The van der Waals surface area contributed by atoms with Gasteiger partial charge in [-0.2, -0.15) is 0 Å². The zero-order valence-corrected chi connectivity index (χ0v) is 10.5. The van der Waals surface area contributed by atoms with Gasteiger partial charge in [-0.15, -0.1) is 0 Å². The number of aliphatic hydroxyl groups excluding tert-OH is 1. The third kappa shape index (κ3) is 4.58. The summed E-state index contributed by atoms with van der Waals surface area (Å²) in [5, 5.41) is 8.84. The normalized spacial score (nSPS) is 11.3. The van der Waals surface area contributed by atoms with E-state index in [1.807, 2.05) is 5.43 Å². The van der Waals surface area contributed by atoms with Crippen LogP contribution in [0.15, 0.2) is 10.5 Å². The molecule has 1 rings (SSSR count). The summed E-state index contributed by atoms with van der Waals surface area (Å²) >= 11 is 0. The molecular formula is C11H17F2N3O3. The number of hydrogen-bond donors (Lipinski definition) is 3. The van der Waals surface area contributed by atoms with Gasteiger partial charge in [0.25, 0.3) is 6.43 Å². The van der Waals surface area contributed by atoms with Gasteiger partial charge in [0.2, 0.25) is 0 Å². The van der Waals surface area contributed by atoms with E-state index in [0.29, 0.717) is 11.3 Å². The highest BCUT2D eigenvalue weighted by atomic mass is 19.3. The number of aliphatic hydroxyl groups is 1. The van der Waals surface area contributed by atoms with E-state index in [-0.39, 0.29) is 25.5 Å². The SMILES string of the molecule is Cc1oc(C(=O)NN)cc1CN(CCO)CC(F)F. The van der Waals surface area contributed by atoms with Gasteiger partial charge in [0, 0.05) is 18.7 Å². The molecule has 0 saturated carbocycles. The lowest BCUT2D eigenvalue weighted by atomic mass is 10.2. The van der Waals surface area contributed by atoms with Crippen molar-refractivity contribution in [2.24, 2.45) is 5.84 Å². The van der Waals surface area contributed by atoms with E-state index < -0.39 is 18.9 Å². The second-order valence-electron chi connectivity index (χ2n) is 4.02. The lowest BCUT2D eigenvalue weighted by Gasteiger charge is -2.20. The summed E-state index contributed by atoms with van der Waals surface area (Å²) < 4.78 is 29.9. The standard InChI is InChI=1S/C11H17F2N3O3/c1-7-8(4-9(19-7)11(18)15-14)5-16(2-3-17)6-10(12)13/h4,10,17H,2-3,5-6,14H2,1H3,(H,15,18). The third-order valence-corrected chi connectivity index (χ3v) is 2.58. The van der Waals surface area contributed by atoms with Gasteiger partial charge >= 0.3 is 5.91 Å². The monoisotopic (exact) mass is 277 g/mol. The van der Waals surface area contributed by atoms with E-state index in [2.05, 4.69) is 0 Å². The van der Waals surface area contributed by atoms with Gasteiger partial charge in [-0.25, -0.2) is 14.6 Å². The van der Waals surface area contributed by atoms with Crippen LogP contribution in [0, 0.1) is 6.92 Å². The first kappa shape index (κ1) is 15.5. The first-order valence-corrected chi connectivity index (χ1v) is 5.69. The Labute approximate surface area is 109 Å². The zero-order chi connectivity index (χ0) is 14.4. The molecule has 19 heavy (non-hydrogen) atoms. The molecule has 0 aromatic carbocycles. The molecule has 1 aromatic heterocycles. The van der Waals surface area contributed by atoms with E-state index in [4.69, 9.17) is 15.4 Å². The van der Waals surface area contributed by atoms with Crippen molar-refractivity contribution < 1.29 is 23.1 Å². The van der Waals surface area contributed by atoms with E-state index in [1.54, 1.807) is 6.92 Å². The van der Waals surface area contributed by atoms with Crippen LogP contribution in [0.25, 0.3) is 0 Å². The molecule has 6 nitrogen and oxygen atoms in total. The number of nitrogens with two attached hydrogens (primary N) is 1. The van der Waals surface area contributed by atoms with Gasteiger partial charge in [0.1, 0.15) is 5.76 Å². The first-order chi connectivity index (χ1) is 8.97. The Hall–Kier alpha value is -1.51. The molecule has 1 amide bonds. The number of nitrogens with zero attached hydrogens (tertiary/aromatic N) is 1. The molecule has 0 bridgehead atoms. The van der Waals surface area contributed by atoms with Crippen molar-refractivity contribution in [3.63, 3.8) is 0 Å². The summed E-state index contributed by atoms with van der Waals surface area (Å²) in [6, 6.07) is 1.45.